The average Bonchev–Trinajstić information content (AvgIpc) is 3.56. The van der Waals surface area contributed by atoms with Gasteiger partial charge in [0.05, 0.1) is 34.0 Å². The molecule has 1 aromatic carbocycles. The molecule has 10 heteroatoms. The van der Waals surface area contributed by atoms with Crippen LogP contribution >= 0.6 is 0 Å². The summed E-state index contributed by atoms with van der Waals surface area (Å²) < 4.78 is 33.1. The van der Waals surface area contributed by atoms with E-state index in [-0.39, 0.29) is 11.0 Å². The van der Waals surface area contributed by atoms with Crippen LogP contribution in [-0.4, -0.2) is 46.6 Å². The molecule has 0 amide bonds. The van der Waals surface area contributed by atoms with Crippen LogP contribution in [0.15, 0.2) is 46.7 Å². The number of oxime groups is 1. The molecule has 2 aromatic heterocycles. The maximum atomic E-state index is 12.8. The Balaban J connectivity index is 1.17. The second kappa shape index (κ2) is 10.5. The van der Waals surface area contributed by atoms with Crippen molar-refractivity contribution in [2.75, 3.05) is 5.32 Å². The summed E-state index contributed by atoms with van der Waals surface area (Å²) in [6.45, 7) is 4.76. The smallest absolute Gasteiger partial charge is 0.297 e. The van der Waals surface area contributed by atoms with E-state index in [1.165, 1.54) is 19.3 Å². The van der Waals surface area contributed by atoms with Crippen LogP contribution in [-0.2, 0) is 25.7 Å². The predicted molar refractivity (Wildman–Crippen MR) is 150 cm³/mol. The van der Waals surface area contributed by atoms with Gasteiger partial charge in [0.1, 0.15) is 5.60 Å². The maximum absolute atomic E-state index is 12.8. The number of hydrogen-bond acceptors (Lipinski definition) is 8. The van der Waals surface area contributed by atoms with Gasteiger partial charge in [-0.05, 0) is 64.5 Å². The van der Waals surface area contributed by atoms with Crippen molar-refractivity contribution in [1.82, 2.24) is 14.8 Å². The topological polar surface area (TPSA) is 108 Å². The molecule has 6 rings (SSSR count). The van der Waals surface area contributed by atoms with E-state index in [9.17, 15) is 8.42 Å². The molecule has 0 saturated heterocycles. The van der Waals surface area contributed by atoms with Crippen molar-refractivity contribution in [3.63, 3.8) is 0 Å². The Labute approximate surface area is 230 Å². The number of pyridine rings is 1. The lowest BCUT2D eigenvalue weighted by atomic mass is 9.79. The number of aryl methyl sites for hydroxylation is 2. The standard InChI is InChI=1S/C29H37N5O4S/c1-3-34-28-25(19-31-34)27(32-21-7-5-4-6-8-21)24(18-30-28)26-17-29(38-33-26)15-13-22(14-16-29)37-39(35,36)23-11-9-20(2)10-12-23/h9-12,18-19,21-22H,3-8,13-17H2,1-2H3,(H,30,32). The number of hydrogen-bond donors (Lipinski definition) is 1. The van der Waals surface area contributed by atoms with E-state index >= 15 is 0 Å². The number of fused-ring (bicyclic) bond motifs is 1. The predicted octanol–water partition coefficient (Wildman–Crippen LogP) is 5.72. The molecule has 2 fully saturated rings. The summed E-state index contributed by atoms with van der Waals surface area (Å²) in [5.74, 6) is 0. The van der Waals surface area contributed by atoms with Gasteiger partial charge in [0, 0.05) is 30.8 Å². The van der Waals surface area contributed by atoms with Crippen molar-refractivity contribution in [3.8, 4) is 0 Å². The van der Waals surface area contributed by atoms with E-state index < -0.39 is 15.7 Å². The monoisotopic (exact) mass is 551 g/mol. The average molecular weight is 552 g/mol. The molecule has 0 radical (unpaired) electrons. The molecule has 3 aliphatic rings. The van der Waals surface area contributed by atoms with Gasteiger partial charge in [0.15, 0.2) is 5.65 Å². The lowest BCUT2D eigenvalue weighted by Crippen LogP contribution is -2.37. The molecule has 3 aromatic rings. The minimum Gasteiger partial charge on any atom is -0.389 e. The molecule has 39 heavy (non-hydrogen) atoms. The van der Waals surface area contributed by atoms with Crippen LogP contribution in [0.25, 0.3) is 11.0 Å². The Morgan fingerprint density at radius 1 is 1.08 bits per heavy atom. The van der Waals surface area contributed by atoms with Gasteiger partial charge in [-0.3, -0.25) is 4.18 Å². The first-order valence-electron chi connectivity index (χ1n) is 14.2. The van der Waals surface area contributed by atoms with Gasteiger partial charge in [0.25, 0.3) is 10.1 Å². The fourth-order valence-electron chi connectivity index (χ4n) is 6.17. The van der Waals surface area contributed by atoms with Gasteiger partial charge in [0.2, 0.25) is 0 Å². The molecule has 2 saturated carbocycles. The molecule has 0 bridgehead atoms. The van der Waals surface area contributed by atoms with E-state index in [2.05, 4.69) is 22.5 Å². The van der Waals surface area contributed by atoms with Crippen LogP contribution in [0.1, 0.15) is 82.3 Å². The lowest BCUT2D eigenvalue weighted by Gasteiger charge is -2.34. The van der Waals surface area contributed by atoms with Gasteiger partial charge in [-0.2, -0.15) is 13.5 Å². The van der Waals surface area contributed by atoms with Crippen molar-refractivity contribution in [2.45, 2.75) is 107 Å². The first kappa shape index (κ1) is 26.3. The minimum absolute atomic E-state index is 0.198. The summed E-state index contributed by atoms with van der Waals surface area (Å²) >= 11 is 0. The third kappa shape index (κ3) is 5.28. The first-order valence-corrected chi connectivity index (χ1v) is 15.6. The molecule has 0 unspecified atom stereocenters. The van der Waals surface area contributed by atoms with Crippen LogP contribution in [0.5, 0.6) is 0 Å². The second-order valence-electron chi connectivity index (χ2n) is 11.3. The van der Waals surface area contributed by atoms with Gasteiger partial charge < -0.3 is 10.2 Å². The van der Waals surface area contributed by atoms with Gasteiger partial charge >= 0.3 is 0 Å². The van der Waals surface area contributed by atoms with Crippen LogP contribution in [0, 0.1) is 6.92 Å². The van der Waals surface area contributed by atoms with Crippen molar-refractivity contribution in [2.24, 2.45) is 5.16 Å². The van der Waals surface area contributed by atoms with Crippen LogP contribution in [0.2, 0.25) is 0 Å². The fourth-order valence-corrected chi connectivity index (χ4v) is 7.30. The number of benzene rings is 1. The molecular weight excluding hydrogens is 514 g/mol. The van der Waals surface area contributed by atoms with Crippen LogP contribution in [0.3, 0.4) is 0 Å². The molecule has 9 nitrogen and oxygen atoms in total. The highest BCUT2D eigenvalue weighted by Gasteiger charge is 2.44. The summed E-state index contributed by atoms with van der Waals surface area (Å²) in [6.07, 6.45) is 12.8. The third-order valence-corrected chi connectivity index (χ3v) is 9.86. The molecule has 3 heterocycles. The third-order valence-electron chi connectivity index (χ3n) is 8.49. The SMILES string of the molecule is CCn1ncc2c(NC3CCCCC3)c(C3=NOC4(CCC(OS(=O)(=O)c5ccc(C)cc5)CC4)C3)cnc21. The Kier molecular flexibility index (Phi) is 7.09. The Morgan fingerprint density at radius 3 is 2.54 bits per heavy atom. The van der Waals surface area contributed by atoms with Crippen molar-refractivity contribution >= 4 is 32.6 Å². The highest BCUT2D eigenvalue weighted by molar-refractivity contribution is 7.86. The second-order valence-corrected chi connectivity index (χ2v) is 12.8. The summed E-state index contributed by atoms with van der Waals surface area (Å²) in [5, 5.41) is 14.0. The van der Waals surface area contributed by atoms with Gasteiger partial charge in [-0.1, -0.05) is 42.1 Å². The Morgan fingerprint density at radius 2 is 1.82 bits per heavy atom. The normalized spacial score (nSPS) is 24.2. The Hall–Kier alpha value is -2.98. The number of nitrogens with zero attached hydrogens (tertiary/aromatic N) is 4. The van der Waals surface area contributed by atoms with Gasteiger partial charge in [-0.15, -0.1) is 0 Å². The number of aromatic nitrogens is 3. The summed E-state index contributed by atoms with van der Waals surface area (Å²) in [6, 6.07) is 7.20. The van der Waals surface area contributed by atoms with E-state index in [1.54, 1.807) is 24.3 Å². The highest BCUT2D eigenvalue weighted by atomic mass is 32.2. The van der Waals surface area contributed by atoms with Crippen LogP contribution < -0.4 is 5.32 Å². The Bertz CT molecular complexity index is 1470. The van der Waals surface area contributed by atoms with E-state index in [1.807, 2.05) is 24.0 Å². The zero-order valence-electron chi connectivity index (χ0n) is 22.7. The molecule has 208 valence electrons. The maximum Gasteiger partial charge on any atom is 0.297 e. The molecule has 0 atom stereocenters. The summed E-state index contributed by atoms with van der Waals surface area (Å²) in [5.41, 5.74) is 4.36. The molecular formula is C29H37N5O4S. The zero-order chi connectivity index (χ0) is 27.0. The van der Waals surface area contributed by atoms with Gasteiger partial charge in [-0.25, -0.2) is 9.67 Å². The summed E-state index contributed by atoms with van der Waals surface area (Å²) in [7, 11) is -3.80. The number of anilines is 1. The van der Waals surface area contributed by atoms with Crippen molar-refractivity contribution in [3.05, 3.63) is 47.8 Å². The molecule has 2 aliphatic carbocycles. The molecule has 1 spiro atoms. The quantitative estimate of drug-likeness (QED) is 0.375. The lowest BCUT2D eigenvalue weighted by molar-refractivity contribution is -0.0631. The van der Waals surface area contributed by atoms with E-state index in [0.29, 0.717) is 38.1 Å². The molecule has 1 N–H and O–H groups in total. The van der Waals surface area contributed by atoms with E-state index in [0.717, 1.165) is 52.9 Å². The zero-order valence-corrected chi connectivity index (χ0v) is 23.5. The number of nitrogens with one attached hydrogen (secondary N) is 1. The van der Waals surface area contributed by atoms with Crippen LogP contribution in [0.4, 0.5) is 5.69 Å². The molecule has 1 aliphatic heterocycles. The fraction of sp³-hybridized carbons (Fsp3) is 0.552. The minimum atomic E-state index is -3.80. The van der Waals surface area contributed by atoms with E-state index in [4.69, 9.17) is 14.0 Å². The summed E-state index contributed by atoms with van der Waals surface area (Å²) in [4.78, 5) is 11.1. The van der Waals surface area contributed by atoms with Crippen molar-refractivity contribution in [1.29, 1.82) is 0 Å². The largest absolute Gasteiger partial charge is 0.389 e. The first-order chi connectivity index (χ1) is 18.9. The highest BCUT2D eigenvalue weighted by Crippen LogP contribution is 2.42. The number of rotatable bonds is 7. The van der Waals surface area contributed by atoms with Crippen molar-refractivity contribution < 1.29 is 17.4 Å².